The molecular weight excluding hydrogens is 236 g/mol. The van der Waals surface area contributed by atoms with Crippen molar-refractivity contribution in [3.63, 3.8) is 0 Å². The van der Waals surface area contributed by atoms with E-state index in [0.717, 1.165) is 30.6 Å². The summed E-state index contributed by atoms with van der Waals surface area (Å²) in [6.45, 7) is 0.872. The molecule has 1 atom stereocenters. The summed E-state index contributed by atoms with van der Waals surface area (Å²) < 4.78 is 0. The molecule has 1 aromatic carbocycles. The van der Waals surface area contributed by atoms with Crippen molar-refractivity contribution in [3.8, 4) is 6.19 Å². The third-order valence-corrected chi connectivity index (χ3v) is 3.79. The topological polar surface area (TPSA) is 52.0 Å². The van der Waals surface area contributed by atoms with Crippen LogP contribution >= 0.6 is 0 Å². The second-order valence-electron chi connectivity index (χ2n) is 4.84. The highest BCUT2D eigenvalue weighted by atomic mass is 15.2. The fourth-order valence-corrected chi connectivity index (χ4v) is 2.84. The van der Waals surface area contributed by atoms with Crippen molar-refractivity contribution in [1.29, 1.82) is 5.26 Å². The van der Waals surface area contributed by atoms with E-state index in [4.69, 9.17) is 5.26 Å². The Morgan fingerprint density at radius 3 is 3.11 bits per heavy atom. The fraction of sp³-hybridized carbons (Fsp3) is 0.333. The maximum Gasteiger partial charge on any atom is 0.179 e. The van der Waals surface area contributed by atoms with Crippen LogP contribution in [0.4, 0.5) is 5.82 Å². The molecule has 0 bridgehead atoms. The highest BCUT2D eigenvalue weighted by Gasteiger charge is 2.25. The van der Waals surface area contributed by atoms with Crippen LogP contribution in [0.5, 0.6) is 0 Å². The van der Waals surface area contributed by atoms with Gasteiger partial charge in [0.25, 0.3) is 0 Å². The van der Waals surface area contributed by atoms with Crippen molar-refractivity contribution in [2.75, 3.05) is 18.9 Å². The van der Waals surface area contributed by atoms with E-state index < -0.39 is 0 Å². The van der Waals surface area contributed by atoms with Crippen LogP contribution in [0.2, 0.25) is 0 Å². The van der Waals surface area contributed by atoms with Gasteiger partial charge in [-0.05, 0) is 35.9 Å². The monoisotopic (exact) mass is 252 g/mol. The lowest BCUT2D eigenvalue weighted by molar-refractivity contribution is 0.374. The Morgan fingerprint density at radius 1 is 1.42 bits per heavy atom. The first-order valence-corrected chi connectivity index (χ1v) is 6.56. The summed E-state index contributed by atoms with van der Waals surface area (Å²) in [6.07, 6.45) is 6.26. The van der Waals surface area contributed by atoms with E-state index in [9.17, 15) is 0 Å². The van der Waals surface area contributed by atoms with Gasteiger partial charge in [-0.2, -0.15) is 5.26 Å². The summed E-state index contributed by atoms with van der Waals surface area (Å²) in [5.74, 6) is 0.896. The van der Waals surface area contributed by atoms with Crippen LogP contribution in [0, 0.1) is 11.5 Å². The molecule has 19 heavy (non-hydrogen) atoms. The van der Waals surface area contributed by atoms with Gasteiger partial charge in [0.05, 0.1) is 6.04 Å². The number of likely N-dealkylation sites (tertiary alicyclic amines) is 1. The van der Waals surface area contributed by atoms with Crippen LogP contribution in [0.3, 0.4) is 0 Å². The van der Waals surface area contributed by atoms with Crippen LogP contribution in [0.1, 0.15) is 24.4 Å². The number of benzene rings is 1. The highest BCUT2D eigenvalue weighted by Crippen LogP contribution is 2.33. The number of fused-ring (bicyclic) bond motifs is 1. The van der Waals surface area contributed by atoms with Crippen LogP contribution in [-0.2, 0) is 0 Å². The minimum atomic E-state index is 0.237. The molecule has 3 rings (SSSR count). The second-order valence-corrected chi connectivity index (χ2v) is 4.84. The Hall–Kier alpha value is -2.28. The van der Waals surface area contributed by atoms with Crippen LogP contribution in [-0.4, -0.2) is 23.5 Å². The molecule has 0 spiro atoms. The van der Waals surface area contributed by atoms with Crippen molar-refractivity contribution >= 4 is 16.6 Å². The van der Waals surface area contributed by atoms with E-state index in [0.29, 0.717) is 0 Å². The van der Waals surface area contributed by atoms with Gasteiger partial charge in [0.15, 0.2) is 6.19 Å². The fourth-order valence-electron chi connectivity index (χ4n) is 2.84. The Kier molecular flexibility index (Phi) is 2.96. The first-order chi connectivity index (χ1) is 9.33. The average molecular weight is 252 g/mol. The predicted octanol–water partition coefficient (Wildman–Crippen LogP) is 2.89. The Morgan fingerprint density at radius 2 is 2.32 bits per heavy atom. The average Bonchev–Trinajstić information content (AvgIpc) is 2.94. The van der Waals surface area contributed by atoms with E-state index in [-0.39, 0.29) is 6.04 Å². The molecule has 0 amide bonds. The van der Waals surface area contributed by atoms with Gasteiger partial charge in [0.2, 0.25) is 0 Å². The summed E-state index contributed by atoms with van der Waals surface area (Å²) in [7, 11) is 1.88. The molecule has 1 unspecified atom stereocenters. The number of anilines is 1. The summed E-state index contributed by atoms with van der Waals surface area (Å²) in [5.41, 5.74) is 1.22. The molecule has 96 valence electrons. The Balaban J connectivity index is 2.05. The SMILES string of the molecule is CNc1nccc2cc(C3CCCN3C#N)ccc12. The highest BCUT2D eigenvalue weighted by molar-refractivity contribution is 5.92. The number of hydrogen-bond acceptors (Lipinski definition) is 4. The van der Waals surface area contributed by atoms with E-state index in [1.54, 1.807) is 0 Å². The number of nitrogens with zero attached hydrogens (tertiary/aromatic N) is 3. The van der Waals surface area contributed by atoms with Gasteiger partial charge in [-0.1, -0.05) is 12.1 Å². The molecule has 1 aliphatic rings. The van der Waals surface area contributed by atoms with Crippen LogP contribution in [0.25, 0.3) is 10.8 Å². The van der Waals surface area contributed by atoms with Gasteiger partial charge >= 0.3 is 0 Å². The van der Waals surface area contributed by atoms with Crippen molar-refractivity contribution in [3.05, 3.63) is 36.0 Å². The van der Waals surface area contributed by atoms with E-state index in [2.05, 4.69) is 34.7 Å². The predicted molar refractivity (Wildman–Crippen MR) is 75.6 cm³/mol. The van der Waals surface area contributed by atoms with Gasteiger partial charge < -0.3 is 10.2 Å². The van der Waals surface area contributed by atoms with Gasteiger partial charge in [0.1, 0.15) is 5.82 Å². The van der Waals surface area contributed by atoms with Crippen molar-refractivity contribution in [2.45, 2.75) is 18.9 Å². The molecule has 2 heterocycles. The molecule has 0 saturated carbocycles. The standard InChI is InChI=1S/C15H16N4/c1-17-15-13-5-4-12(9-11(13)6-7-18-15)14-3-2-8-19(14)10-16/h4-7,9,14H,2-3,8H2,1H3,(H,17,18). The minimum absolute atomic E-state index is 0.237. The summed E-state index contributed by atoms with van der Waals surface area (Å²) in [4.78, 5) is 6.19. The molecule has 1 N–H and O–H groups in total. The summed E-state index contributed by atoms with van der Waals surface area (Å²) >= 11 is 0. The summed E-state index contributed by atoms with van der Waals surface area (Å²) in [5, 5.41) is 14.5. The maximum absolute atomic E-state index is 9.15. The number of rotatable bonds is 2. The minimum Gasteiger partial charge on any atom is -0.373 e. The first kappa shape index (κ1) is 11.8. The number of aromatic nitrogens is 1. The largest absolute Gasteiger partial charge is 0.373 e. The van der Waals surface area contributed by atoms with Gasteiger partial charge in [-0.25, -0.2) is 4.98 Å². The molecule has 1 fully saturated rings. The van der Waals surface area contributed by atoms with E-state index >= 15 is 0 Å². The zero-order chi connectivity index (χ0) is 13.2. The molecule has 4 heteroatoms. The van der Waals surface area contributed by atoms with Gasteiger partial charge in [-0.15, -0.1) is 0 Å². The molecule has 1 aromatic heterocycles. The van der Waals surface area contributed by atoms with Gasteiger partial charge in [-0.3, -0.25) is 0 Å². The Bertz CT molecular complexity index is 644. The molecule has 0 radical (unpaired) electrons. The smallest absolute Gasteiger partial charge is 0.179 e. The second kappa shape index (κ2) is 4.77. The summed E-state index contributed by atoms with van der Waals surface area (Å²) in [6, 6.07) is 8.65. The lowest BCUT2D eigenvalue weighted by atomic mass is 10.0. The molecular formula is C15H16N4. The Labute approximate surface area is 112 Å². The third-order valence-electron chi connectivity index (χ3n) is 3.79. The molecule has 1 aliphatic heterocycles. The number of nitrogens with one attached hydrogen (secondary N) is 1. The quantitative estimate of drug-likeness (QED) is 0.835. The van der Waals surface area contributed by atoms with Crippen molar-refractivity contribution < 1.29 is 0 Å². The lowest BCUT2D eigenvalue weighted by Crippen LogP contribution is -2.16. The van der Waals surface area contributed by atoms with E-state index in [1.807, 2.05) is 24.2 Å². The number of pyridine rings is 1. The molecule has 4 nitrogen and oxygen atoms in total. The normalized spacial score (nSPS) is 18.5. The zero-order valence-electron chi connectivity index (χ0n) is 10.9. The van der Waals surface area contributed by atoms with Crippen molar-refractivity contribution in [2.24, 2.45) is 0 Å². The van der Waals surface area contributed by atoms with Crippen LogP contribution < -0.4 is 5.32 Å². The first-order valence-electron chi connectivity index (χ1n) is 6.56. The maximum atomic E-state index is 9.15. The van der Waals surface area contributed by atoms with Crippen LogP contribution in [0.15, 0.2) is 30.5 Å². The van der Waals surface area contributed by atoms with Crippen molar-refractivity contribution in [1.82, 2.24) is 9.88 Å². The molecule has 0 aliphatic carbocycles. The number of nitriles is 1. The molecule has 2 aromatic rings. The van der Waals surface area contributed by atoms with E-state index in [1.165, 1.54) is 10.9 Å². The molecule has 1 saturated heterocycles. The third kappa shape index (κ3) is 1.97. The zero-order valence-corrected chi connectivity index (χ0v) is 10.9. The number of hydrogen-bond donors (Lipinski definition) is 1. The lowest BCUT2D eigenvalue weighted by Gasteiger charge is -2.19. The van der Waals surface area contributed by atoms with Gasteiger partial charge in [0, 0.05) is 25.2 Å².